The lowest BCUT2D eigenvalue weighted by molar-refractivity contribution is 0.667. The average molecular weight is 628 g/mol. The molecule has 3 heteroatoms. The van der Waals surface area contributed by atoms with Crippen LogP contribution in [0.2, 0.25) is 0 Å². The number of anilines is 3. The van der Waals surface area contributed by atoms with Crippen LogP contribution in [0.3, 0.4) is 0 Å². The van der Waals surface area contributed by atoms with Crippen molar-refractivity contribution in [3.05, 3.63) is 176 Å². The zero-order valence-electron chi connectivity index (χ0n) is 26.5. The summed E-state index contributed by atoms with van der Waals surface area (Å²) in [7, 11) is 0. The van der Waals surface area contributed by atoms with Gasteiger partial charge in [0, 0.05) is 33.2 Å². The maximum atomic E-state index is 6.64. The Hall–Kier alpha value is -6.58. The van der Waals surface area contributed by atoms with E-state index in [1.807, 2.05) is 24.3 Å². The first kappa shape index (κ1) is 27.5. The van der Waals surface area contributed by atoms with E-state index in [0.29, 0.717) is 0 Å². The highest BCUT2D eigenvalue weighted by Crippen LogP contribution is 2.46. The predicted molar refractivity (Wildman–Crippen MR) is 204 cm³/mol. The van der Waals surface area contributed by atoms with E-state index in [9.17, 15) is 0 Å². The molecule has 0 unspecified atom stereocenters. The minimum Gasteiger partial charge on any atom is -0.456 e. The van der Waals surface area contributed by atoms with Gasteiger partial charge in [0.05, 0.1) is 17.1 Å². The first-order valence-electron chi connectivity index (χ1n) is 16.6. The fourth-order valence-corrected chi connectivity index (χ4v) is 7.41. The molecule has 0 fully saturated rings. The number of rotatable bonds is 5. The summed E-state index contributed by atoms with van der Waals surface area (Å²) in [6, 6.07) is 62.0. The van der Waals surface area contributed by atoms with Crippen molar-refractivity contribution in [3.63, 3.8) is 0 Å². The van der Waals surface area contributed by atoms with Gasteiger partial charge in [-0.05, 0) is 69.9 Å². The molecule has 0 bridgehead atoms. The van der Waals surface area contributed by atoms with Gasteiger partial charge >= 0.3 is 0 Å². The Kier molecular flexibility index (Phi) is 6.18. The molecule has 8 aromatic carbocycles. The normalized spacial score (nSPS) is 11.7. The van der Waals surface area contributed by atoms with Crippen molar-refractivity contribution in [2.45, 2.75) is 0 Å². The summed E-state index contributed by atoms with van der Waals surface area (Å²) in [4.78, 5) is 2.32. The number of fused-ring (bicyclic) bond motifs is 7. The molecular weight excluding hydrogens is 599 g/mol. The lowest BCUT2D eigenvalue weighted by Crippen LogP contribution is -2.11. The fourth-order valence-electron chi connectivity index (χ4n) is 7.41. The minimum atomic E-state index is 0.840. The average Bonchev–Trinajstić information content (AvgIpc) is 3.74. The zero-order valence-corrected chi connectivity index (χ0v) is 26.5. The maximum Gasteiger partial charge on any atom is 0.159 e. The number of hydrogen-bond acceptors (Lipinski definition) is 3. The van der Waals surface area contributed by atoms with Crippen LogP contribution in [0, 0.1) is 0 Å². The summed E-state index contributed by atoms with van der Waals surface area (Å²) in [5, 5.41) is 6.86. The Morgan fingerprint density at radius 3 is 1.80 bits per heavy atom. The van der Waals surface area contributed by atoms with E-state index in [4.69, 9.17) is 8.83 Å². The van der Waals surface area contributed by atoms with Gasteiger partial charge in [0.25, 0.3) is 0 Å². The SMILES string of the molecule is c1cc(-c2ccccc2N(c2ccc3c(c2)oc2ccccc23)c2cccc3c2oc2ccccc23)cc(-c2cccc3ccccc23)c1. The molecule has 0 aliphatic heterocycles. The van der Waals surface area contributed by atoms with Crippen LogP contribution >= 0.6 is 0 Å². The molecule has 0 saturated carbocycles. The first-order valence-corrected chi connectivity index (χ1v) is 16.6. The second-order valence-corrected chi connectivity index (χ2v) is 12.5. The maximum absolute atomic E-state index is 6.64. The molecule has 0 saturated heterocycles. The highest BCUT2D eigenvalue weighted by Gasteiger charge is 2.23. The molecule has 0 spiro atoms. The lowest BCUT2D eigenvalue weighted by Gasteiger charge is -2.28. The molecule has 10 aromatic rings. The van der Waals surface area contributed by atoms with Gasteiger partial charge in [0.2, 0.25) is 0 Å². The summed E-state index contributed by atoms with van der Waals surface area (Å²) in [6.07, 6.45) is 0. The highest BCUT2D eigenvalue weighted by atomic mass is 16.3. The summed E-state index contributed by atoms with van der Waals surface area (Å²) < 4.78 is 13.1. The Morgan fingerprint density at radius 1 is 0.347 bits per heavy atom. The van der Waals surface area contributed by atoms with E-state index in [1.165, 1.54) is 21.9 Å². The lowest BCUT2D eigenvalue weighted by atomic mass is 9.94. The number of hydrogen-bond donors (Lipinski definition) is 0. The molecule has 49 heavy (non-hydrogen) atoms. The van der Waals surface area contributed by atoms with E-state index < -0.39 is 0 Å². The van der Waals surface area contributed by atoms with Gasteiger partial charge in [-0.1, -0.05) is 127 Å². The largest absolute Gasteiger partial charge is 0.456 e. The molecule has 2 aromatic heterocycles. The van der Waals surface area contributed by atoms with Gasteiger partial charge in [-0.2, -0.15) is 0 Å². The highest BCUT2D eigenvalue weighted by molar-refractivity contribution is 6.12. The van der Waals surface area contributed by atoms with Gasteiger partial charge in [0.15, 0.2) is 5.58 Å². The van der Waals surface area contributed by atoms with E-state index in [-0.39, 0.29) is 0 Å². The van der Waals surface area contributed by atoms with Crippen LogP contribution < -0.4 is 4.90 Å². The molecule has 0 atom stereocenters. The van der Waals surface area contributed by atoms with Crippen molar-refractivity contribution >= 4 is 71.7 Å². The number of nitrogens with zero attached hydrogens (tertiary/aromatic N) is 1. The fraction of sp³-hybridized carbons (Fsp3) is 0. The Labute approximate surface area is 282 Å². The smallest absolute Gasteiger partial charge is 0.159 e. The molecule has 3 nitrogen and oxygen atoms in total. The summed E-state index contributed by atoms with van der Waals surface area (Å²) in [5.41, 5.74) is 11.1. The molecule has 230 valence electrons. The van der Waals surface area contributed by atoms with Gasteiger partial charge < -0.3 is 13.7 Å². The molecule has 2 heterocycles. The Bertz CT molecular complexity index is 2850. The van der Waals surface area contributed by atoms with Crippen LogP contribution in [0.15, 0.2) is 185 Å². The Morgan fingerprint density at radius 2 is 0.918 bits per heavy atom. The van der Waals surface area contributed by atoms with E-state index in [0.717, 1.165) is 72.1 Å². The van der Waals surface area contributed by atoms with Crippen molar-refractivity contribution < 1.29 is 8.83 Å². The second-order valence-electron chi connectivity index (χ2n) is 12.5. The summed E-state index contributed by atoms with van der Waals surface area (Å²) in [5.74, 6) is 0. The monoisotopic (exact) mass is 627 g/mol. The molecule has 0 N–H and O–H groups in total. The topological polar surface area (TPSA) is 29.5 Å². The predicted octanol–water partition coefficient (Wildman–Crippen LogP) is 13.4. The van der Waals surface area contributed by atoms with Crippen LogP contribution in [-0.4, -0.2) is 0 Å². The van der Waals surface area contributed by atoms with Crippen LogP contribution in [0.5, 0.6) is 0 Å². The molecule has 0 aliphatic rings. The number of furan rings is 2. The van der Waals surface area contributed by atoms with Crippen molar-refractivity contribution in [2.24, 2.45) is 0 Å². The third kappa shape index (κ3) is 4.44. The molecular formula is C46H29NO2. The molecule has 0 radical (unpaired) electrons. The minimum absolute atomic E-state index is 0.840. The van der Waals surface area contributed by atoms with Crippen molar-refractivity contribution in [1.82, 2.24) is 0 Å². The van der Waals surface area contributed by atoms with Gasteiger partial charge in [-0.25, -0.2) is 0 Å². The quantitative estimate of drug-likeness (QED) is 0.190. The van der Waals surface area contributed by atoms with Crippen LogP contribution in [-0.2, 0) is 0 Å². The molecule has 10 rings (SSSR count). The van der Waals surface area contributed by atoms with Gasteiger partial charge in [0.1, 0.15) is 16.7 Å². The van der Waals surface area contributed by atoms with Crippen LogP contribution in [0.25, 0.3) is 76.9 Å². The number of benzene rings is 8. The standard InChI is InChI=1S/C46H29NO2/c1-2-16-34-30(12-1)13-10-20-35(34)31-14-9-15-32(28-31)36-17-3-6-22-41(36)47(33-26-27-39-37-18-4-7-24-43(37)48-45(39)29-33)42-23-11-21-40-38-19-5-8-25-44(38)49-46(40)42/h1-29H. The van der Waals surface area contributed by atoms with Gasteiger partial charge in [-0.3, -0.25) is 0 Å². The second kappa shape index (κ2) is 11.0. The first-order chi connectivity index (χ1) is 24.3. The molecule has 0 aliphatic carbocycles. The van der Waals surface area contributed by atoms with Crippen molar-refractivity contribution in [1.29, 1.82) is 0 Å². The van der Waals surface area contributed by atoms with E-state index >= 15 is 0 Å². The number of para-hydroxylation sites is 4. The van der Waals surface area contributed by atoms with Crippen LogP contribution in [0.1, 0.15) is 0 Å². The third-order valence-electron chi connectivity index (χ3n) is 9.66. The van der Waals surface area contributed by atoms with Crippen molar-refractivity contribution in [3.8, 4) is 22.3 Å². The third-order valence-corrected chi connectivity index (χ3v) is 9.66. The van der Waals surface area contributed by atoms with E-state index in [2.05, 4.69) is 157 Å². The summed E-state index contributed by atoms with van der Waals surface area (Å²) in [6.45, 7) is 0. The van der Waals surface area contributed by atoms with Crippen LogP contribution in [0.4, 0.5) is 17.1 Å². The zero-order chi connectivity index (χ0) is 32.3. The van der Waals surface area contributed by atoms with Gasteiger partial charge in [-0.15, -0.1) is 0 Å². The Balaban J connectivity index is 1.21. The molecule has 0 amide bonds. The summed E-state index contributed by atoms with van der Waals surface area (Å²) >= 11 is 0. The van der Waals surface area contributed by atoms with E-state index in [1.54, 1.807) is 0 Å². The van der Waals surface area contributed by atoms with Crippen molar-refractivity contribution in [2.75, 3.05) is 4.90 Å².